The van der Waals surface area contributed by atoms with E-state index in [2.05, 4.69) is 25.7 Å². The first-order valence-electron chi connectivity index (χ1n) is 8.61. The molecule has 0 unspecified atom stereocenters. The summed E-state index contributed by atoms with van der Waals surface area (Å²) >= 11 is 0. The van der Waals surface area contributed by atoms with E-state index >= 15 is 0 Å². The van der Waals surface area contributed by atoms with Gasteiger partial charge in [-0.05, 0) is 42.4 Å². The number of aliphatic hydroxyl groups is 1. The van der Waals surface area contributed by atoms with Crippen LogP contribution in [0.1, 0.15) is 44.0 Å². The van der Waals surface area contributed by atoms with Gasteiger partial charge >= 0.3 is 0 Å². The highest BCUT2D eigenvalue weighted by molar-refractivity contribution is 6.08. The summed E-state index contributed by atoms with van der Waals surface area (Å²) in [5.74, 6) is 1.14. The van der Waals surface area contributed by atoms with Gasteiger partial charge in [0.2, 0.25) is 0 Å². The third-order valence-corrected chi connectivity index (χ3v) is 4.42. The molecule has 2 rings (SSSR count). The summed E-state index contributed by atoms with van der Waals surface area (Å²) < 4.78 is 5.34. The highest BCUT2D eigenvalue weighted by atomic mass is 16.5. The Morgan fingerprint density at radius 1 is 1.33 bits per heavy atom. The van der Waals surface area contributed by atoms with Crippen molar-refractivity contribution < 1.29 is 14.6 Å². The number of anilines is 1. The summed E-state index contributed by atoms with van der Waals surface area (Å²) in [4.78, 5) is 14.9. The maximum Gasteiger partial charge on any atom is 0.187 e. The molecule has 0 radical (unpaired) electrons. The third-order valence-electron chi connectivity index (χ3n) is 4.42. The monoisotopic (exact) mass is 331 g/mol. The molecule has 1 fully saturated rings. The van der Waals surface area contributed by atoms with Crippen LogP contribution in [0.5, 0.6) is 5.75 Å². The highest BCUT2D eigenvalue weighted by Crippen LogP contribution is 2.30. The number of nitrogens with zero attached hydrogens (tertiary/aromatic N) is 1. The minimum atomic E-state index is -0.0260. The van der Waals surface area contributed by atoms with Crippen LogP contribution in [0.3, 0.4) is 0 Å². The van der Waals surface area contributed by atoms with E-state index in [0.29, 0.717) is 11.5 Å². The molecule has 1 saturated heterocycles. The van der Waals surface area contributed by atoms with Crippen molar-refractivity contribution >= 4 is 11.5 Å². The van der Waals surface area contributed by atoms with E-state index in [4.69, 9.17) is 4.74 Å². The molecule has 4 nitrogen and oxygen atoms in total. The lowest BCUT2D eigenvalue weighted by Crippen LogP contribution is -2.35. The number of hydrogen-bond donors (Lipinski definition) is 1. The number of rotatable bonds is 5. The van der Waals surface area contributed by atoms with E-state index in [1.54, 1.807) is 13.2 Å². The summed E-state index contributed by atoms with van der Waals surface area (Å²) in [5.41, 5.74) is 1.61. The van der Waals surface area contributed by atoms with E-state index in [9.17, 15) is 9.90 Å². The molecule has 1 heterocycles. The van der Waals surface area contributed by atoms with Crippen LogP contribution >= 0.6 is 0 Å². The molecular formula is C20H29NO3. The van der Waals surface area contributed by atoms with Crippen molar-refractivity contribution in [3.63, 3.8) is 0 Å². The van der Waals surface area contributed by atoms with Gasteiger partial charge in [0.15, 0.2) is 5.78 Å². The first kappa shape index (κ1) is 18.5. The standard InChI is InChI=1S/C20H29NO3/c1-20(2,3)10-7-19(23)17-6-5-16(24-4)13-18(17)21-11-8-15(14-22)9-12-21/h5-7,10,13,15,22H,8-9,11-12,14H2,1-4H3/b10-7+. The summed E-state index contributed by atoms with van der Waals surface area (Å²) in [6, 6.07) is 5.63. The highest BCUT2D eigenvalue weighted by Gasteiger charge is 2.22. The number of aliphatic hydroxyl groups excluding tert-OH is 1. The number of benzene rings is 1. The van der Waals surface area contributed by atoms with Crippen molar-refractivity contribution in [3.05, 3.63) is 35.9 Å². The first-order chi connectivity index (χ1) is 11.3. The van der Waals surface area contributed by atoms with Gasteiger partial charge in [0, 0.05) is 31.3 Å². The molecule has 0 amide bonds. The fourth-order valence-corrected chi connectivity index (χ4v) is 2.88. The lowest BCUT2D eigenvalue weighted by molar-refractivity contribution is 0.104. The molecule has 1 aromatic rings. The van der Waals surface area contributed by atoms with E-state index in [1.807, 2.05) is 24.3 Å². The summed E-state index contributed by atoms with van der Waals surface area (Å²) in [7, 11) is 1.64. The van der Waals surface area contributed by atoms with E-state index in [0.717, 1.165) is 37.4 Å². The fraction of sp³-hybridized carbons (Fsp3) is 0.550. The number of methoxy groups -OCH3 is 1. The number of ether oxygens (including phenoxy) is 1. The van der Waals surface area contributed by atoms with Gasteiger partial charge in [-0.3, -0.25) is 4.79 Å². The molecule has 1 N–H and O–H groups in total. The van der Waals surface area contributed by atoms with Crippen molar-refractivity contribution in [2.24, 2.45) is 11.3 Å². The molecule has 132 valence electrons. The Morgan fingerprint density at radius 2 is 2.00 bits per heavy atom. The van der Waals surface area contributed by atoms with Gasteiger partial charge in [-0.25, -0.2) is 0 Å². The second kappa shape index (κ2) is 7.84. The first-order valence-corrected chi connectivity index (χ1v) is 8.61. The minimum Gasteiger partial charge on any atom is -0.497 e. The average molecular weight is 331 g/mol. The number of piperidine rings is 1. The Morgan fingerprint density at radius 3 is 2.54 bits per heavy atom. The van der Waals surface area contributed by atoms with Crippen molar-refractivity contribution in [2.45, 2.75) is 33.6 Å². The van der Waals surface area contributed by atoms with Gasteiger partial charge in [0.1, 0.15) is 5.75 Å². The molecule has 0 atom stereocenters. The van der Waals surface area contributed by atoms with Crippen LogP contribution in [-0.4, -0.2) is 37.7 Å². The van der Waals surface area contributed by atoms with Crippen molar-refractivity contribution in [2.75, 3.05) is 31.7 Å². The zero-order valence-corrected chi connectivity index (χ0v) is 15.2. The maximum atomic E-state index is 12.7. The molecule has 0 aromatic heterocycles. The van der Waals surface area contributed by atoms with Gasteiger partial charge in [0.05, 0.1) is 12.8 Å². The summed E-state index contributed by atoms with van der Waals surface area (Å²) in [5, 5.41) is 9.32. The van der Waals surface area contributed by atoms with Gasteiger partial charge in [-0.15, -0.1) is 0 Å². The molecule has 0 bridgehead atoms. The number of carbonyl (C=O) groups is 1. The number of hydrogen-bond acceptors (Lipinski definition) is 4. The predicted octanol–water partition coefficient (Wildman–Crippen LogP) is 3.69. The van der Waals surface area contributed by atoms with E-state index in [-0.39, 0.29) is 17.8 Å². The average Bonchev–Trinajstić information content (AvgIpc) is 2.58. The van der Waals surface area contributed by atoms with Crippen LogP contribution in [0, 0.1) is 11.3 Å². The van der Waals surface area contributed by atoms with Gasteiger partial charge in [-0.2, -0.15) is 0 Å². The summed E-state index contributed by atoms with van der Waals surface area (Å²) in [6.45, 7) is 8.16. The maximum absolute atomic E-state index is 12.7. The molecule has 4 heteroatoms. The zero-order valence-electron chi connectivity index (χ0n) is 15.2. The number of allylic oxidation sites excluding steroid dienone is 2. The van der Waals surface area contributed by atoms with Crippen LogP contribution in [0.2, 0.25) is 0 Å². The molecule has 0 aliphatic carbocycles. The summed E-state index contributed by atoms with van der Waals surface area (Å²) in [6.07, 6.45) is 5.51. The lowest BCUT2D eigenvalue weighted by atomic mass is 9.94. The Balaban J connectivity index is 2.28. The molecule has 24 heavy (non-hydrogen) atoms. The van der Waals surface area contributed by atoms with Crippen molar-refractivity contribution in [3.8, 4) is 5.75 Å². The van der Waals surface area contributed by atoms with Gasteiger partial charge < -0.3 is 14.7 Å². The molecule has 1 aromatic carbocycles. The SMILES string of the molecule is COc1ccc(C(=O)/C=C/C(C)(C)C)c(N2CCC(CO)CC2)c1. The second-order valence-electron chi connectivity index (χ2n) is 7.56. The van der Waals surface area contributed by atoms with Crippen molar-refractivity contribution in [1.29, 1.82) is 0 Å². The third kappa shape index (κ3) is 4.84. The van der Waals surface area contributed by atoms with E-state index < -0.39 is 0 Å². The Labute approximate surface area is 145 Å². The molecular weight excluding hydrogens is 302 g/mol. The second-order valence-corrected chi connectivity index (χ2v) is 7.56. The van der Waals surface area contributed by atoms with Crippen LogP contribution < -0.4 is 9.64 Å². The topological polar surface area (TPSA) is 49.8 Å². The van der Waals surface area contributed by atoms with Crippen molar-refractivity contribution in [1.82, 2.24) is 0 Å². The van der Waals surface area contributed by atoms with Gasteiger partial charge in [-0.1, -0.05) is 26.8 Å². The largest absolute Gasteiger partial charge is 0.497 e. The van der Waals surface area contributed by atoms with Crippen LogP contribution in [0.15, 0.2) is 30.4 Å². The number of carbonyl (C=O) groups excluding carboxylic acids is 1. The van der Waals surface area contributed by atoms with Gasteiger partial charge in [0.25, 0.3) is 0 Å². The predicted molar refractivity (Wildman–Crippen MR) is 97.9 cm³/mol. The molecule has 0 spiro atoms. The van der Waals surface area contributed by atoms with E-state index in [1.165, 1.54) is 0 Å². The molecule has 1 aliphatic rings. The quantitative estimate of drug-likeness (QED) is 0.660. The molecule has 0 saturated carbocycles. The lowest BCUT2D eigenvalue weighted by Gasteiger charge is -2.34. The fourth-order valence-electron chi connectivity index (χ4n) is 2.88. The zero-order chi connectivity index (χ0) is 17.7. The smallest absolute Gasteiger partial charge is 0.187 e. The Kier molecular flexibility index (Phi) is 6.05. The van der Waals surface area contributed by atoms with Crippen LogP contribution in [-0.2, 0) is 0 Å². The van der Waals surface area contributed by atoms with Crippen LogP contribution in [0.4, 0.5) is 5.69 Å². The van der Waals surface area contributed by atoms with Crippen LogP contribution in [0.25, 0.3) is 0 Å². The Hall–Kier alpha value is -1.81. The Bertz CT molecular complexity index is 593. The normalized spacial score (nSPS) is 16.6. The minimum absolute atomic E-state index is 0.0202. The number of ketones is 1. The molecule has 1 aliphatic heterocycles.